The predicted octanol–water partition coefficient (Wildman–Crippen LogP) is 1.98. The summed E-state index contributed by atoms with van der Waals surface area (Å²) in [4.78, 5) is 4.23. The fraction of sp³-hybridized carbons (Fsp3) is 0.833. The van der Waals surface area contributed by atoms with Crippen molar-refractivity contribution >= 4 is 0 Å². The topological polar surface area (TPSA) is 74.2 Å². The van der Waals surface area contributed by atoms with E-state index in [9.17, 15) is 8.78 Å². The molecule has 0 aromatic carbocycles. The van der Waals surface area contributed by atoms with Crippen molar-refractivity contribution in [2.24, 2.45) is 11.7 Å². The molecular weight excluding hydrogens is 256 g/mol. The second-order valence-electron chi connectivity index (χ2n) is 4.83. The summed E-state index contributed by atoms with van der Waals surface area (Å²) in [7, 11) is 0. The number of nitrogens with two attached hydrogens (primary N) is 1. The quantitative estimate of drug-likeness (QED) is 0.699. The lowest BCUT2D eigenvalue weighted by Crippen LogP contribution is -2.15. The largest absolute Gasteiger partial charge is 0.375 e. The summed E-state index contributed by atoms with van der Waals surface area (Å²) < 4.78 is 33.6. The Labute approximate surface area is 111 Å². The van der Waals surface area contributed by atoms with Gasteiger partial charge in [-0.15, -0.1) is 0 Å². The highest BCUT2D eigenvalue weighted by molar-refractivity contribution is 4.95. The highest BCUT2D eigenvalue weighted by Gasteiger charge is 2.18. The molecule has 0 amide bonds. The van der Waals surface area contributed by atoms with Gasteiger partial charge in [0.2, 0.25) is 5.89 Å². The van der Waals surface area contributed by atoms with Crippen LogP contribution in [0.15, 0.2) is 4.52 Å². The molecule has 7 heteroatoms. The van der Waals surface area contributed by atoms with Gasteiger partial charge in [-0.3, -0.25) is 0 Å². The van der Waals surface area contributed by atoms with Gasteiger partial charge < -0.3 is 15.0 Å². The van der Waals surface area contributed by atoms with Gasteiger partial charge in [-0.2, -0.15) is 4.98 Å². The average molecular weight is 277 g/mol. The number of alkyl halides is 2. The maximum Gasteiger partial charge on any atom is 0.261 e. The van der Waals surface area contributed by atoms with Gasteiger partial charge in [0.1, 0.15) is 6.61 Å². The molecule has 110 valence electrons. The number of hydrogen-bond acceptors (Lipinski definition) is 5. The molecule has 0 fully saturated rings. The number of nitrogens with zero attached hydrogens (tertiary/aromatic N) is 2. The van der Waals surface area contributed by atoms with Crippen LogP contribution in [-0.4, -0.2) is 36.3 Å². The lowest BCUT2D eigenvalue weighted by atomic mass is 9.97. The van der Waals surface area contributed by atoms with E-state index in [1.54, 1.807) is 0 Å². The van der Waals surface area contributed by atoms with Crippen LogP contribution in [0.2, 0.25) is 0 Å². The minimum Gasteiger partial charge on any atom is -0.375 e. The molecule has 1 heterocycles. The molecule has 2 N–H and O–H groups in total. The second kappa shape index (κ2) is 8.16. The molecule has 1 rings (SSSR count). The second-order valence-corrected chi connectivity index (χ2v) is 4.83. The monoisotopic (exact) mass is 277 g/mol. The molecule has 1 unspecified atom stereocenters. The highest BCUT2D eigenvalue weighted by atomic mass is 19.3. The molecule has 0 aliphatic rings. The van der Waals surface area contributed by atoms with Gasteiger partial charge in [-0.05, 0) is 12.3 Å². The van der Waals surface area contributed by atoms with E-state index < -0.39 is 13.0 Å². The molecule has 0 aliphatic carbocycles. The highest BCUT2D eigenvalue weighted by Crippen LogP contribution is 2.21. The van der Waals surface area contributed by atoms with Crippen LogP contribution in [0, 0.1) is 5.92 Å². The van der Waals surface area contributed by atoms with E-state index in [-0.39, 0.29) is 12.5 Å². The number of rotatable bonds is 9. The molecule has 1 aromatic heterocycles. The molecule has 0 saturated heterocycles. The summed E-state index contributed by atoms with van der Waals surface area (Å²) in [5.74, 6) is 1.51. The molecule has 0 radical (unpaired) electrons. The molecule has 0 aliphatic heterocycles. The molecule has 5 nitrogen and oxygen atoms in total. The van der Waals surface area contributed by atoms with E-state index in [1.165, 1.54) is 0 Å². The fourth-order valence-electron chi connectivity index (χ4n) is 1.74. The zero-order valence-corrected chi connectivity index (χ0v) is 11.3. The summed E-state index contributed by atoms with van der Waals surface area (Å²) in [6.07, 6.45) is -1.22. The van der Waals surface area contributed by atoms with E-state index in [1.807, 2.05) is 0 Å². The molecule has 0 bridgehead atoms. The van der Waals surface area contributed by atoms with Gasteiger partial charge in [0.15, 0.2) is 5.82 Å². The maximum absolute atomic E-state index is 11.8. The summed E-state index contributed by atoms with van der Waals surface area (Å²) >= 11 is 0. The van der Waals surface area contributed by atoms with Crippen molar-refractivity contribution in [3.8, 4) is 0 Å². The van der Waals surface area contributed by atoms with Gasteiger partial charge in [0, 0.05) is 13.0 Å². The van der Waals surface area contributed by atoms with Crippen molar-refractivity contribution < 1.29 is 18.0 Å². The summed E-state index contributed by atoms with van der Waals surface area (Å²) in [5, 5.41) is 3.80. The Morgan fingerprint density at radius 1 is 1.37 bits per heavy atom. The smallest absolute Gasteiger partial charge is 0.261 e. The number of ether oxygens (including phenoxy) is 1. The van der Waals surface area contributed by atoms with Crippen LogP contribution in [0.4, 0.5) is 8.78 Å². The van der Waals surface area contributed by atoms with Crippen molar-refractivity contribution in [1.82, 2.24) is 10.1 Å². The summed E-state index contributed by atoms with van der Waals surface area (Å²) in [6.45, 7) is 4.22. The summed E-state index contributed by atoms with van der Waals surface area (Å²) in [6, 6.07) is 0. The van der Waals surface area contributed by atoms with Gasteiger partial charge in [-0.25, -0.2) is 8.78 Å². The van der Waals surface area contributed by atoms with Crippen LogP contribution in [0.3, 0.4) is 0 Å². The van der Waals surface area contributed by atoms with Crippen molar-refractivity contribution in [3.05, 3.63) is 11.7 Å². The Morgan fingerprint density at radius 2 is 2.11 bits per heavy atom. The number of hydrogen-bond donors (Lipinski definition) is 1. The Balaban J connectivity index is 2.42. The van der Waals surface area contributed by atoms with Crippen molar-refractivity contribution in [3.63, 3.8) is 0 Å². The van der Waals surface area contributed by atoms with Crippen molar-refractivity contribution in [1.29, 1.82) is 0 Å². The Hall–Kier alpha value is -1.08. The van der Waals surface area contributed by atoms with Crippen LogP contribution in [-0.2, 0) is 11.2 Å². The summed E-state index contributed by atoms with van der Waals surface area (Å²) in [5.41, 5.74) is 5.68. The maximum atomic E-state index is 11.8. The van der Waals surface area contributed by atoms with Crippen LogP contribution in [0.25, 0.3) is 0 Å². The number of halogens is 2. The van der Waals surface area contributed by atoms with Crippen LogP contribution >= 0.6 is 0 Å². The first kappa shape index (κ1) is 16.0. The van der Waals surface area contributed by atoms with Gasteiger partial charge >= 0.3 is 0 Å². The first-order valence-corrected chi connectivity index (χ1v) is 6.41. The third-order valence-electron chi connectivity index (χ3n) is 2.59. The van der Waals surface area contributed by atoms with Gasteiger partial charge in [-0.1, -0.05) is 19.0 Å². The SMILES string of the molecule is CC(C)CC(CN)c1nc(CCOCC(F)F)no1. The van der Waals surface area contributed by atoms with Crippen molar-refractivity contribution in [2.45, 2.75) is 39.0 Å². The van der Waals surface area contributed by atoms with E-state index in [4.69, 9.17) is 15.0 Å². The van der Waals surface area contributed by atoms with Gasteiger partial charge in [0.05, 0.1) is 12.5 Å². The minimum atomic E-state index is -2.45. The molecule has 1 atom stereocenters. The number of aromatic nitrogens is 2. The zero-order chi connectivity index (χ0) is 14.3. The van der Waals surface area contributed by atoms with E-state index in [0.717, 1.165) is 6.42 Å². The molecule has 19 heavy (non-hydrogen) atoms. The third kappa shape index (κ3) is 6.07. The predicted molar refractivity (Wildman–Crippen MR) is 66.1 cm³/mol. The third-order valence-corrected chi connectivity index (χ3v) is 2.59. The van der Waals surface area contributed by atoms with E-state index in [0.29, 0.717) is 30.6 Å². The average Bonchev–Trinajstić information content (AvgIpc) is 2.80. The van der Waals surface area contributed by atoms with Crippen molar-refractivity contribution in [2.75, 3.05) is 19.8 Å². The van der Waals surface area contributed by atoms with E-state index >= 15 is 0 Å². The lowest BCUT2D eigenvalue weighted by molar-refractivity contribution is 0.0182. The van der Waals surface area contributed by atoms with E-state index in [2.05, 4.69) is 24.0 Å². The molecule has 1 aromatic rings. The Kier molecular flexibility index (Phi) is 6.86. The fourth-order valence-corrected chi connectivity index (χ4v) is 1.74. The normalized spacial score (nSPS) is 13.4. The van der Waals surface area contributed by atoms with Crippen LogP contribution < -0.4 is 5.73 Å². The Bertz CT molecular complexity index is 358. The molecule has 0 spiro atoms. The van der Waals surface area contributed by atoms with Crippen LogP contribution in [0.1, 0.15) is 37.9 Å². The minimum absolute atomic E-state index is 0.0447. The first-order chi connectivity index (χ1) is 9.02. The molecular formula is C12H21F2N3O2. The van der Waals surface area contributed by atoms with Crippen LogP contribution in [0.5, 0.6) is 0 Å². The first-order valence-electron chi connectivity index (χ1n) is 6.41. The zero-order valence-electron chi connectivity index (χ0n) is 11.3. The lowest BCUT2D eigenvalue weighted by Gasteiger charge is -2.11. The molecule has 0 saturated carbocycles. The Morgan fingerprint density at radius 3 is 2.68 bits per heavy atom. The van der Waals surface area contributed by atoms with Gasteiger partial charge in [0.25, 0.3) is 6.43 Å². The standard InChI is InChI=1S/C12H21F2N3O2/c1-8(2)5-9(6-15)12-16-11(17-19-12)3-4-18-7-10(13)14/h8-10H,3-7,15H2,1-2H3.